The summed E-state index contributed by atoms with van der Waals surface area (Å²) < 4.78 is 5.27. The fourth-order valence-electron chi connectivity index (χ4n) is 1.64. The summed E-state index contributed by atoms with van der Waals surface area (Å²) in [7, 11) is 1.57. The largest absolute Gasteiger partial charge is 0.495 e. The molecule has 5 heteroatoms. The third-order valence-electron chi connectivity index (χ3n) is 2.64. The van der Waals surface area contributed by atoms with E-state index in [4.69, 9.17) is 16.3 Å². The molecule has 0 aromatic heterocycles. The number of benzene rings is 1. The number of rotatable bonds is 4. The Morgan fingerprint density at radius 3 is 2.67 bits per heavy atom. The second-order valence-corrected chi connectivity index (χ2v) is 4.47. The van der Waals surface area contributed by atoms with Gasteiger partial charge in [-0.2, -0.15) is 0 Å². The average Bonchev–Trinajstić information content (AvgIpc) is 2.36. The van der Waals surface area contributed by atoms with E-state index in [9.17, 15) is 4.79 Å². The molecular weight excluding hydrogens is 252 g/mol. The quantitative estimate of drug-likeness (QED) is 0.880. The lowest BCUT2D eigenvalue weighted by atomic mass is 10.1. The summed E-state index contributed by atoms with van der Waals surface area (Å²) in [6, 6.07) is 1.56. The highest BCUT2D eigenvalue weighted by molar-refractivity contribution is 6.32. The van der Waals surface area contributed by atoms with Gasteiger partial charge in [0.25, 0.3) is 0 Å². The zero-order chi connectivity index (χ0) is 13.7. The molecule has 2 amide bonds. The van der Waals surface area contributed by atoms with Gasteiger partial charge in [0.1, 0.15) is 5.75 Å². The number of halogens is 1. The van der Waals surface area contributed by atoms with Crippen molar-refractivity contribution in [3.8, 4) is 5.75 Å². The number of carbonyl (C=O) groups excluding carboxylic acids is 1. The summed E-state index contributed by atoms with van der Waals surface area (Å²) in [4.78, 5) is 11.7. The molecule has 0 saturated heterocycles. The molecule has 0 aliphatic heterocycles. The van der Waals surface area contributed by atoms with E-state index in [1.165, 1.54) is 0 Å². The predicted molar refractivity (Wildman–Crippen MR) is 74.8 cm³/mol. The van der Waals surface area contributed by atoms with Gasteiger partial charge < -0.3 is 15.4 Å². The molecular formula is C13H19ClN2O2. The highest BCUT2D eigenvalue weighted by Crippen LogP contribution is 2.35. The maximum Gasteiger partial charge on any atom is 0.319 e. The second kappa shape index (κ2) is 6.50. The van der Waals surface area contributed by atoms with Gasteiger partial charge in [0.15, 0.2) is 0 Å². The predicted octanol–water partition coefficient (Wildman–Crippen LogP) is 3.50. The van der Waals surface area contributed by atoms with Gasteiger partial charge in [0, 0.05) is 11.6 Å². The Morgan fingerprint density at radius 2 is 2.11 bits per heavy atom. The van der Waals surface area contributed by atoms with Crippen molar-refractivity contribution in [1.29, 1.82) is 0 Å². The molecule has 0 aliphatic carbocycles. The Hall–Kier alpha value is -1.42. The Morgan fingerprint density at radius 1 is 1.44 bits per heavy atom. The normalized spacial score (nSPS) is 10.1. The van der Waals surface area contributed by atoms with Crippen LogP contribution in [-0.2, 0) is 0 Å². The van der Waals surface area contributed by atoms with Gasteiger partial charge in [-0.05, 0) is 37.5 Å². The van der Waals surface area contributed by atoms with Crippen LogP contribution in [0.2, 0.25) is 5.02 Å². The lowest BCUT2D eigenvalue weighted by Gasteiger charge is -2.16. The van der Waals surface area contributed by atoms with Gasteiger partial charge in [-0.25, -0.2) is 4.79 Å². The first kappa shape index (κ1) is 14.6. The van der Waals surface area contributed by atoms with Gasteiger partial charge in [0.05, 0.1) is 12.8 Å². The lowest BCUT2D eigenvalue weighted by molar-refractivity contribution is 0.252. The minimum Gasteiger partial charge on any atom is -0.495 e. The van der Waals surface area contributed by atoms with Crippen molar-refractivity contribution in [3.05, 3.63) is 22.2 Å². The molecule has 0 heterocycles. The molecule has 18 heavy (non-hydrogen) atoms. The monoisotopic (exact) mass is 270 g/mol. The van der Waals surface area contributed by atoms with Crippen LogP contribution in [0.5, 0.6) is 5.75 Å². The molecule has 0 radical (unpaired) electrons. The maximum atomic E-state index is 11.7. The summed E-state index contributed by atoms with van der Waals surface area (Å²) in [6.45, 7) is 6.38. The van der Waals surface area contributed by atoms with Crippen LogP contribution in [0.25, 0.3) is 0 Å². The minimum absolute atomic E-state index is 0.252. The molecule has 1 rings (SSSR count). The van der Waals surface area contributed by atoms with Crippen molar-refractivity contribution in [2.24, 2.45) is 0 Å². The fraction of sp³-hybridized carbons (Fsp3) is 0.462. The van der Waals surface area contributed by atoms with Gasteiger partial charge >= 0.3 is 6.03 Å². The molecule has 0 aliphatic rings. The Balaban J connectivity index is 3.00. The van der Waals surface area contributed by atoms with Crippen LogP contribution in [0.1, 0.15) is 24.5 Å². The van der Waals surface area contributed by atoms with Crippen molar-refractivity contribution in [2.75, 3.05) is 19.0 Å². The van der Waals surface area contributed by atoms with Crippen LogP contribution in [0.15, 0.2) is 6.07 Å². The van der Waals surface area contributed by atoms with Crippen LogP contribution in [-0.4, -0.2) is 19.7 Å². The SMILES string of the molecule is CCCNC(=O)Nc1c(OC)cc(C)c(Cl)c1C. The zero-order valence-corrected chi connectivity index (χ0v) is 11.9. The molecule has 0 unspecified atom stereocenters. The van der Waals surface area contributed by atoms with Crippen molar-refractivity contribution < 1.29 is 9.53 Å². The first-order chi connectivity index (χ1) is 8.51. The van der Waals surface area contributed by atoms with Crippen molar-refractivity contribution in [3.63, 3.8) is 0 Å². The van der Waals surface area contributed by atoms with E-state index in [-0.39, 0.29) is 6.03 Å². The van der Waals surface area contributed by atoms with Gasteiger partial charge in [0.2, 0.25) is 0 Å². The summed E-state index contributed by atoms with van der Waals surface area (Å²) in [5.41, 5.74) is 2.34. The van der Waals surface area contributed by atoms with Crippen LogP contribution in [0.4, 0.5) is 10.5 Å². The summed E-state index contributed by atoms with van der Waals surface area (Å²) in [6.07, 6.45) is 0.887. The first-order valence-electron chi connectivity index (χ1n) is 5.89. The van der Waals surface area contributed by atoms with Crippen LogP contribution < -0.4 is 15.4 Å². The molecule has 0 bridgehead atoms. The number of hydrogen-bond acceptors (Lipinski definition) is 2. The van der Waals surface area contributed by atoms with E-state index in [1.54, 1.807) is 7.11 Å². The van der Waals surface area contributed by atoms with E-state index >= 15 is 0 Å². The van der Waals surface area contributed by atoms with Crippen molar-refractivity contribution in [1.82, 2.24) is 5.32 Å². The standard InChI is InChI=1S/C13H19ClN2O2/c1-5-6-15-13(17)16-12-9(3)11(14)8(2)7-10(12)18-4/h7H,5-6H2,1-4H3,(H2,15,16,17). The van der Waals surface area contributed by atoms with E-state index < -0.39 is 0 Å². The first-order valence-corrected chi connectivity index (χ1v) is 6.27. The van der Waals surface area contributed by atoms with Crippen LogP contribution in [0, 0.1) is 13.8 Å². The van der Waals surface area contributed by atoms with Crippen LogP contribution in [0.3, 0.4) is 0 Å². The number of ether oxygens (including phenoxy) is 1. The highest BCUT2D eigenvalue weighted by Gasteiger charge is 2.14. The van der Waals surface area contributed by atoms with Crippen LogP contribution >= 0.6 is 11.6 Å². The minimum atomic E-state index is -0.252. The fourth-order valence-corrected chi connectivity index (χ4v) is 1.78. The Labute approximate surface area is 113 Å². The summed E-state index contributed by atoms with van der Waals surface area (Å²) in [5.74, 6) is 0.612. The topological polar surface area (TPSA) is 50.4 Å². The molecule has 1 aromatic rings. The summed E-state index contributed by atoms with van der Waals surface area (Å²) >= 11 is 6.17. The molecule has 2 N–H and O–H groups in total. The van der Waals surface area contributed by atoms with Crippen molar-refractivity contribution in [2.45, 2.75) is 27.2 Å². The Bertz CT molecular complexity index is 447. The second-order valence-electron chi connectivity index (χ2n) is 4.09. The smallest absolute Gasteiger partial charge is 0.319 e. The number of aryl methyl sites for hydroxylation is 1. The number of nitrogens with one attached hydrogen (secondary N) is 2. The molecule has 0 atom stereocenters. The number of carbonyl (C=O) groups is 1. The molecule has 4 nitrogen and oxygen atoms in total. The van der Waals surface area contributed by atoms with Gasteiger partial charge in [-0.15, -0.1) is 0 Å². The third-order valence-corrected chi connectivity index (χ3v) is 3.22. The maximum absolute atomic E-state index is 11.7. The molecule has 100 valence electrons. The number of hydrogen-bond donors (Lipinski definition) is 2. The molecule has 0 spiro atoms. The third kappa shape index (κ3) is 3.29. The lowest BCUT2D eigenvalue weighted by Crippen LogP contribution is -2.29. The van der Waals surface area contributed by atoms with E-state index in [0.29, 0.717) is 23.0 Å². The zero-order valence-electron chi connectivity index (χ0n) is 11.2. The molecule has 0 fully saturated rings. The number of amides is 2. The van der Waals surface area contributed by atoms with Gasteiger partial charge in [-0.1, -0.05) is 18.5 Å². The molecule has 1 aromatic carbocycles. The van der Waals surface area contributed by atoms with Crippen molar-refractivity contribution >= 4 is 23.3 Å². The number of methoxy groups -OCH3 is 1. The number of anilines is 1. The summed E-state index contributed by atoms with van der Waals surface area (Å²) in [5, 5.41) is 6.16. The van der Waals surface area contributed by atoms with E-state index in [0.717, 1.165) is 17.5 Å². The van der Waals surface area contributed by atoms with E-state index in [2.05, 4.69) is 10.6 Å². The molecule has 0 saturated carbocycles. The van der Waals surface area contributed by atoms with Gasteiger partial charge in [-0.3, -0.25) is 0 Å². The number of urea groups is 1. The average molecular weight is 271 g/mol. The Kier molecular flexibility index (Phi) is 5.28. The highest BCUT2D eigenvalue weighted by atomic mass is 35.5. The van der Waals surface area contributed by atoms with E-state index in [1.807, 2.05) is 26.8 Å².